The fourth-order valence-corrected chi connectivity index (χ4v) is 2.21. The third-order valence-electron chi connectivity index (χ3n) is 3.78. The van der Waals surface area contributed by atoms with Crippen molar-refractivity contribution >= 4 is 12.3 Å². The van der Waals surface area contributed by atoms with Crippen molar-refractivity contribution in [2.75, 3.05) is 13.7 Å². The normalized spacial score (nSPS) is 14.9. The number of carbonyl (C=O) groups excluding carboxylic acids is 1. The molecule has 7 nitrogen and oxygen atoms in total. The molecular formula is C18H31N3O4. The van der Waals surface area contributed by atoms with Gasteiger partial charge < -0.3 is 27.0 Å². The number of carboxylic acid groups (broad SMARTS) is 1. The van der Waals surface area contributed by atoms with Crippen molar-refractivity contribution in [3.05, 3.63) is 29.3 Å². The number of carbonyl (C=O) groups is 2. The second-order valence-corrected chi connectivity index (χ2v) is 5.93. The molecule has 1 aliphatic carbocycles. The molecule has 1 atom stereocenters. The van der Waals surface area contributed by atoms with Crippen LogP contribution in [0, 0.1) is 6.92 Å². The van der Waals surface area contributed by atoms with Crippen LogP contribution in [-0.2, 0) is 4.79 Å². The van der Waals surface area contributed by atoms with E-state index in [1.54, 1.807) is 25.3 Å². The molecular weight excluding hydrogens is 322 g/mol. The Labute approximate surface area is 149 Å². The quantitative estimate of drug-likeness (QED) is 0.600. The summed E-state index contributed by atoms with van der Waals surface area (Å²) < 4.78 is 5.03. The van der Waals surface area contributed by atoms with Gasteiger partial charge in [0.05, 0.1) is 7.11 Å². The molecule has 0 bridgehead atoms. The number of aldehydes is 1. The fraction of sp³-hybridized carbons (Fsp3) is 0.556. The molecule has 1 aromatic rings. The molecule has 7 N–H and O–H groups in total. The van der Waals surface area contributed by atoms with E-state index >= 15 is 0 Å². The van der Waals surface area contributed by atoms with Gasteiger partial charge in [-0.25, -0.2) is 0 Å². The van der Waals surface area contributed by atoms with Crippen LogP contribution in [0.15, 0.2) is 18.2 Å². The van der Waals surface area contributed by atoms with Crippen LogP contribution >= 0.6 is 0 Å². The Balaban J connectivity index is 0.000000362. The molecule has 1 saturated carbocycles. The van der Waals surface area contributed by atoms with E-state index in [1.165, 1.54) is 32.1 Å². The Morgan fingerprint density at radius 2 is 1.96 bits per heavy atom. The van der Waals surface area contributed by atoms with E-state index < -0.39 is 12.0 Å². The minimum Gasteiger partial charge on any atom is -0.496 e. The van der Waals surface area contributed by atoms with Gasteiger partial charge in [0.1, 0.15) is 18.1 Å². The first-order valence-electron chi connectivity index (χ1n) is 8.39. The van der Waals surface area contributed by atoms with Crippen LogP contribution in [-0.4, -0.2) is 43.1 Å². The lowest BCUT2D eigenvalue weighted by Crippen LogP contribution is -2.37. The molecule has 0 amide bonds. The zero-order chi connectivity index (χ0) is 19.2. The number of rotatable bonds is 4. The molecule has 1 fully saturated rings. The highest BCUT2D eigenvalue weighted by Crippen LogP contribution is 2.17. The summed E-state index contributed by atoms with van der Waals surface area (Å²) in [6.07, 6.45) is 7.49. The first-order valence-corrected chi connectivity index (χ1v) is 8.39. The highest BCUT2D eigenvalue weighted by atomic mass is 16.5. The molecule has 0 unspecified atom stereocenters. The largest absolute Gasteiger partial charge is 0.496 e. The van der Waals surface area contributed by atoms with Crippen molar-refractivity contribution in [1.29, 1.82) is 0 Å². The number of methoxy groups -OCH3 is 1. The van der Waals surface area contributed by atoms with E-state index in [0.29, 0.717) is 11.6 Å². The van der Waals surface area contributed by atoms with Crippen LogP contribution in [0.5, 0.6) is 5.75 Å². The molecule has 1 aliphatic rings. The van der Waals surface area contributed by atoms with Gasteiger partial charge in [-0.3, -0.25) is 9.59 Å². The van der Waals surface area contributed by atoms with Crippen LogP contribution in [0.4, 0.5) is 0 Å². The SMILES string of the molecule is COc1ccc(C=O)cc1C.NC1CCCCC1.NC[C@H](N)C(=O)O. The lowest BCUT2D eigenvalue weighted by atomic mass is 9.97. The topological polar surface area (TPSA) is 142 Å². The summed E-state index contributed by atoms with van der Waals surface area (Å²) in [6.45, 7) is 1.90. The fourth-order valence-electron chi connectivity index (χ4n) is 2.21. The number of benzene rings is 1. The van der Waals surface area contributed by atoms with Gasteiger partial charge in [-0.05, 0) is 43.5 Å². The maximum atomic E-state index is 10.3. The number of nitrogens with two attached hydrogens (primary N) is 3. The van der Waals surface area contributed by atoms with Gasteiger partial charge >= 0.3 is 5.97 Å². The van der Waals surface area contributed by atoms with Gasteiger partial charge in [-0.15, -0.1) is 0 Å². The van der Waals surface area contributed by atoms with Gasteiger partial charge in [-0.2, -0.15) is 0 Å². The van der Waals surface area contributed by atoms with Crippen molar-refractivity contribution in [3.63, 3.8) is 0 Å². The van der Waals surface area contributed by atoms with E-state index in [0.717, 1.165) is 17.6 Å². The van der Waals surface area contributed by atoms with Crippen LogP contribution in [0.3, 0.4) is 0 Å². The van der Waals surface area contributed by atoms with Crippen LogP contribution in [0.25, 0.3) is 0 Å². The maximum Gasteiger partial charge on any atom is 0.321 e. The Hall–Kier alpha value is -1.96. The van der Waals surface area contributed by atoms with Crippen LogP contribution in [0.2, 0.25) is 0 Å². The molecule has 1 aromatic carbocycles. The number of carboxylic acids is 1. The summed E-state index contributed by atoms with van der Waals surface area (Å²) >= 11 is 0. The third-order valence-corrected chi connectivity index (χ3v) is 3.78. The zero-order valence-corrected chi connectivity index (χ0v) is 15.1. The zero-order valence-electron chi connectivity index (χ0n) is 15.1. The number of aliphatic carboxylic acids is 1. The molecule has 0 spiro atoms. The Kier molecular flexibility index (Phi) is 12.3. The highest BCUT2D eigenvalue weighted by Gasteiger charge is 2.06. The van der Waals surface area contributed by atoms with E-state index in [2.05, 4.69) is 0 Å². The summed E-state index contributed by atoms with van der Waals surface area (Å²) in [5, 5.41) is 7.98. The molecule has 2 rings (SSSR count). The molecule has 0 saturated heterocycles. The second-order valence-electron chi connectivity index (χ2n) is 5.93. The Bertz CT molecular complexity index is 517. The van der Waals surface area contributed by atoms with E-state index in [4.69, 9.17) is 27.0 Å². The van der Waals surface area contributed by atoms with Crippen molar-refractivity contribution in [1.82, 2.24) is 0 Å². The molecule has 7 heteroatoms. The Morgan fingerprint density at radius 3 is 2.24 bits per heavy atom. The van der Waals surface area contributed by atoms with Gasteiger partial charge in [-0.1, -0.05) is 19.3 Å². The smallest absolute Gasteiger partial charge is 0.321 e. The average molecular weight is 353 g/mol. The van der Waals surface area contributed by atoms with Gasteiger partial charge in [0.15, 0.2) is 0 Å². The highest BCUT2D eigenvalue weighted by molar-refractivity contribution is 5.75. The van der Waals surface area contributed by atoms with Crippen LogP contribution in [0.1, 0.15) is 48.0 Å². The van der Waals surface area contributed by atoms with Crippen molar-refractivity contribution in [2.45, 2.75) is 51.1 Å². The van der Waals surface area contributed by atoms with Gasteiger partial charge in [0.2, 0.25) is 0 Å². The monoisotopic (exact) mass is 353 g/mol. The van der Waals surface area contributed by atoms with Gasteiger partial charge in [0, 0.05) is 18.2 Å². The summed E-state index contributed by atoms with van der Waals surface area (Å²) in [4.78, 5) is 20.0. The molecule has 0 radical (unpaired) electrons. The first-order chi connectivity index (χ1) is 11.8. The van der Waals surface area contributed by atoms with E-state index in [9.17, 15) is 9.59 Å². The van der Waals surface area contributed by atoms with E-state index in [1.807, 2.05) is 6.92 Å². The maximum absolute atomic E-state index is 10.3. The number of hydrogen-bond acceptors (Lipinski definition) is 6. The van der Waals surface area contributed by atoms with Crippen LogP contribution < -0.4 is 21.9 Å². The minimum absolute atomic E-state index is 0.00463. The average Bonchev–Trinajstić information content (AvgIpc) is 2.62. The third kappa shape index (κ3) is 10.5. The lowest BCUT2D eigenvalue weighted by Gasteiger charge is -2.15. The number of aryl methyl sites for hydroxylation is 1. The van der Waals surface area contributed by atoms with Crippen molar-refractivity contribution in [2.24, 2.45) is 17.2 Å². The summed E-state index contributed by atoms with van der Waals surface area (Å²) in [5.74, 6) is -0.238. The molecule has 142 valence electrons. The summed E-state index contributed by atoms with van der Waals surface area (Å²) in [6, 6.07) is 4.96. The molecule has 0 aromatic heterocycles. The lowest BCUT2D eigenvalue weighted by molar-refractivity contribution is -0.138. The minimum atomic E-state index is -1.05. The first kappa shape index (κ1) is 23.0. The Morgan fingerprint density at radius 1 is 1.36 bits per heavy atom. The molecule has 0 heterocycles. The van der Waals surface area contributed by atoms with Gasteiger partial charge in [0.25, 0.3) is 0 Å². The number of ether oxygens (including phenoxy) is 1. The second kappa shape index (κ2) is 13.3. The van der Waals surface area contributed by atoms with Crippen molar-refractivity contribution < 1.29 is 19.4 Å². The standard InChI is InChI=1S/C9H10O2.C6H13N.C3H8N2O2/c1-7-5-8(6-10)3-4-9(7)11-2;7-6-4-2-1-3-5-6;4-1-2(5)3(6)7/h3-6H,1-2H3;6H,1-5,7H2;2H,1,4-5H2,(H,6,7)/t;;2-/m..0/s1. The predicted molar refractivity (Wildman–Crippen MR) is 98.8 cm³/mol. The molecule has 0 aliphatic heterocycles. The summed E-state index contributed by atoms with van der Waals surface area (Å²) in [7, 11) is 1.61. The number of hydrogen-bond donors (Lipinski definition) is 4. The molecule has 25 heavy (non-hydrogen) atoms. The van der Waals surface area contributed by atoms with E-state index in [-0.39, 0.29) is 6.54 Å². The van der Waals surface area contributed by atoms with Crippen molar-refractivity contribution in [3.8, 4) is 5.75 Å². The summed E-state index contributed by atoms with van der Waals surface area (Å²) in [5.41, 5.74) is 17.1. The predicted octanol–water partition coefficient (Wildman–Crippen LogP) is 1.45.